The van der Waals surface area contributed by atoms with E-state index in [1.165, 1.54) is 49.7 Å². The molecule has 0 aliphatic carbocycles. The molecule has 0 radical (unpaired) electrons. The van der Waals surface area contributed by atoms with Crippen molar-refractivity contribution < 1.29 is 22.0 Å². The minimum absolute atomic E-state index is 0.0747. The number of pyridine rings is 1. The second-order valence-corrected chi connectivity index (χ2v) is 8.00. The van der Waals surface area contributed by atoms with E-state index in [9.17, 15) is 17.6 Å². The van der Waals surface area contributed by atoms with Gasteiger partial charge in [-0.3, -0.25) is 4.79 Å². The summed E-state index contributed by atoms with van der Waals surface area (Å²) in [5.74, 6) is -0.0278. The van der Waals surface area contributed by atoms with Gasteiger partial charge in [0.1, 0.15) is 17.2 Å². The van der Waals surface area contributed by atoms with E-state index in [0.717, 1.165) is 6.07 Å². The summed E-state index contributed by atoms with van der Waals surface area (Å²) >= 11 is 0. The van der Waals surface area contributed by atoms with Crippen LogP contribution < -0.4 is 15.3 Å². The van der Waals surface area contributed by atoms with Crippen molar-refractivity contribution in [2.24, 2.45) is 5.14 Å². The van der Waals surface area contributed by atoms with Gasteiger partial charge < -0.3 is 9.15 Å². The number of methoxy groups -OCH3 is 1. The Kier molecular flexibility index (Phi) is 4.84. The predicted molar refractivity (Wildman–Crippen MR) is 109 cm³/mol. The number of primary sulfonamides is 1. The van der Waals surface area contributed by atoms with Crippen LogP contribution >= 0.6 is 0 Å². The molecule has 2 aromatic heterocycles. The van der Waals surface area contributed by atoms with E-state index in [1.807, 2.05) is 0 Å². The Bertz CT molecular complexity index is 1410. The monoisotopic (exact) mass is 426 g/mol. The van der Waals surface area contributed by atoms with Crippen LogP contribution in [-0.2, 0) is 10.0 Å². The molecule has 30 heavy (non-hydrogen) atoms. The summed E-state index contributed by atoms with van der Waals surface area (Å²) in [5.41, 5.74) is 0.773. The number of hydrogen-bond donors (Lipinski definition) is 1. The van der Waals surface area contributed by atoms with Crippen LogP contribution in [0.25, 0.3) is 33.4 Å². The molecule has 2 N–H and O–H groups in total. The van der Waals surface area contributed by atoms with E-state index in [4.69, 9.17) is 14.3 Å². The first-order chi connectivity index (χ1) is 14.3. The maximum absolute atomic E-state index is 13.8. The van der Waals surface area contributed by atoms with E-state index >= 15 is 0 Å². The van der Waals surface area contributed by atoms with Crippen molar-refractivity contribution in [1.82, 2.24) is 4.98 Å². The van der Waals surface area contributed by atoms with Crippen molar-refractivity contribution in [2.75, 3.05) is 7.11 Å². The normalized spacial score (nSPS) is 11.6. The van der Waals surface area contributed by atoms with Crippen LogP contribution in [0.5, 0.6) is 5.88 Å². The van der Waals surface area contributed by atoms with Crippen LogP contribution in [0, 0.1) is 5.82 Å². The van der Waals surface area contributed by atoms with Crippen molar-refractivity contribution >= 4 is 21.0 Å². The van der Waals surface area contributed by atoms with Crippen LogP contribution in [0.15, 0.2) is 74.9 Å². The lowest BCUT2D eigenvalue weighted by molar-refractivity contribution is 0.398. The minimum Gasteiger partial charge on any atom is -0.481 e. The highest BCUT2D eigenvalue weighted by molar-refractivity contribution is 7.89. The molecule has 9 heteroatoms. The molecule has 0 saturated carbocycles. The smallest absolute Gasteiger partial charge is 0.238 e. The topological polar surface area (TPSA) is 112 Å². The average Bonchev–Trinajstić information content (AvgIpc) is 2.74. The summed E-state index contributed by atoms with van der Waals surface area (Å²) in [6, 6.07) is 12.5. The number of benzene rings is 2. The van der Waals surface area contributed by atoms with E-state index in [-0.39, 0.29) is 27.2 Å². The first-order valence-corrected chi connectivity index (χ1v) is 10.2. The van der Waals surface area contributed by atoms with Crippen molar-refractivity contribution in [2.45, 2.75) is 4.90 Å². The molecule has 0 atom stereocenters. The average molecular weight is 426 g/mol. The van der Waals surface area contributed by atoms with Gasteiger partial charge in [0, 0.05) is 23.4 Å². The van der Waals surface area contributed by atoms with E-state index in [1.54, 1.807) is 12.1 Å². The number of halogens is 1. The fraction of sp³-hybridized carbons (Fsp3) is 0.0476. The quantitative estimate of drug-likeness (QED) is 0.536. The third-order valence-corrected chi connectivity index (χ3v) is 5.46. The summed E-state index contributed by atoms with van der Waals surface area (Å²) < 4.78 is 47.8. The molecule has 152 valence electrons. The van der Waals surface area contributed by atoms with Gasteiger partial charge in [0.05, 0.1) is 23.0 Å². The lowest BCUT2D eigenvalue weighted by Gasteiger charge is -2.11. The van der Waals surface area contributed by atoms with Crippen LogP contribution in [0.2, 0.25) is 0 Å². The Balaban J connectivity index is 2.02. The highest BCUT2D eigenvalue weighted by Gasteiger charge is 2.19. The minimum atomic E-state index is -3.88. The molecule has 4 aromatic rings. The third kappa shape index (κ3) is 3.56. The van der Waals surface area contributed by atoms with Gasteiger partial charge in [-0.1, -0.05) is 0 Å². The van der Waals surface area contributed by atoms with Crippen molar-refractivity contribution in [3.05, 3.63) is 76.8 Å². The zero-order valence-electron chi connectivity index (χ0n) is 15.6. The Morgan fingerprint density at radius 2 is 1.73 bits per heavy atom. The molecule has 2 aromatic carbocycles. The molecule has 0 fully saturated rings. The van der Waals surface area contributed by atoms with Gasteiger partial charge in [-0.2, -0.15) is 0 Å². The van der Waals surface area contributed by atoms with Crippen molar-refractivity contribution in [3.63, 3.8) is 0 Å². The molecule has 0 unspecified atom stereocenters. The van der Waals surface area contributed by atoms with Crippen LogP contribution in [0.3, 0.4) is 0 Å². The Hall–Kier alpha value is -3.56. The number of nitrogens with zero attached hydrogens (tertiary/aromatic N) is 1. The predicted octanol–water partition coefficient (Wildman–Crippen LogP) is 3.32. The van der Waals surface area contributed by atoms with E-state index in [2.05, 4.69) is 4.98 Å². The standard InChI is InChI=1S/C21H15FN2O5S/c1-28-18-9-4-13(11-24-18)19-20(25)16-10-14(22)5-8-17(16)29-21(19)12-2-6-15(7-3-12)30(23,26)27/h2-11H,1H3,(H2,23,26,27). The van der Waals surface area contributed by atoms with E-state index < -0.39 is 21.3 Å². The Morgan fingerprint density at radius 3 is 2.33 bits per heavy atom. The van der Waals surface area contributed by atoms with Crippen molar-refractivity contribution in [1.29, 1.82) is 0 Å². The SMILES string of the molecule is COc1ccc(-c2c(-c3ccc(S(N)(=O)=O)cc3)oc3ccc(F)cc3c2=O)cn1. The van der Waals surface area contributed by atoms with Gasteiger partial charge in [-0.15, -0.1) is 0 Å². The number of aromatic nitrogens is 1. The molecule has 7 nitrogen and oxygen atoms in total. The molecule has 0 amide bonds. The molecule has 0 bridgehead atoms. The van der Waals surface area contributed by atoms with Crippen LogP contribution in [0.4, 0.5) is 4.39 Å². The van der Waals surface area contributed by atoms with Gasteiger partial charge >= 0.3 is 0 Å². The molecule has 0 saturated heterocycles. The Labute approximate surface area is 170 Å². The zero-order chi connectivity index (χ0) is 21.5. The van der Waals surface area contributed by atoms with Gasteiger partial charge in [-0.05, 0) is 48.5 Å². The second kappa shape index (κ2) is 7.36. The highest BCUT2D eigenvalue weighted by Crippen LogP contribution is 2.33. The number of nitrogens with two attached hydrogens (primary N) is 1. The second-order valence-electron chi connectivity index (χ2n) is 6.43. The maximum atomic E-state index is 13.8. The number of rotatable bonds is 4. The molecule has 0 spiro atoms. The first kappa shape index (κ1) is 19.7. The molecule has 0 aliphatic heterocycles. The summed E-state index contributed by atoms with van der Waals surface area (Å²) in [6.45, 7) is 0. The van der Waals surface area contributed by atoms with E-state index in [0.29, 0.717) is 17.0 Å². The van der Waals surface area contributed by atoms with Gasteiger partial charge in [-0.25, -0.2) is 22.9 Å². The zero-order valence-corrected chi connectivity index (χ0v) is 16.4. The third-order valence-electron chi connectivity index (χ3n) is 4.53. The summed E-state index contributed by atoms with van der Waals surface area (Å²) in [4.78, 5) is 17.3. The van der Waals surface area contributed by atoms with Crippen molar-refractivity contribution in [3.8, 4) is 28.3 Å². The largest absolute Gasteiger partial charge is 0.481 e. The number of ether oxygens (including phenoxy) is 1. The fourth-order valence-electron chi connectivity index (χ4n) is 3.08. The first-order valence-electron chi connectivity index (χ1n) is 8.68. The lowest BCUT2D eigenvalue weighted by atomic mass is 9.99. The van der Waals surface area contributed by atoms with Gasteiger partial charge in [0.2, 0.25) is 21.3 Å². The number of fused-ring (bicyclic) bond motifs is 1. The van der Waals surface area contributed by atoms with Gasteiger partial charge in [0.15, 0.2) is 0 Å². The molecule has 2 heterocycles. The van der Waals surface area contributed by atoms with Crippen LogP contribution in [0.1, 0.15) is 0 Å². The van der Waals surface area contributed by atoms with Crippen LogP contribution in [-0.4, -0.2) is 20.5 Å². The molecule has 4 rings (SSSR count). The fourth-order valence-corrected chi connectivity index (χ4v) is 3.59. The Morgan fingerprint density at radius 1 is 1.03 bits per heavy atom. The summed E-state index contributed by atoms with van der Waals surface area (Å²) in [7, 11) is -2.41. The molecule has 0 aliphatic rings. The maximum Gasteiger partial charge on any atom is 0.238 e. The molecular formula is C21H15FN2O5S. The lowest BCUT2D eigenvalue weighted by Crippen LogP contribution is -2.12. The highest BCUT2D eigenvalue weighted by atomic mass is 32.2. The summed E-state index contributed by atoms with van der Waals surface area (Å²) in [5, 5.41) is 5.22. The van der Waals surface area contributed by atoms with Gasteiger partial charge in [0.25, 0.3) is 0 Å². The number of sulfonamides is 1. The molecular weight excluding hydrogens is 411 g/mol. The number of hydrogen-bond acceptors (Lipinski definition) is 6. The summed E-state index contributed by atoms with van der Waals surface area (Å²) in [6.07, 6.45) is 1.44.